The zero-order chi connectivity index (χ0) is 20.6. The van der Waals surface area contributed by atoms with Gasteiger partial charge in [-0.3, -0.25) is 4.99 Å². The van der Waals surface area contributed by atoms with Crippen molar-refractivity contribution in [3.63, 3.8) is 0 Å². The lowest BCUT2D eigenvalue weighted by molar-refractivity contribution is -0.0495. The Bertz CT molecular complexity index is 820. The van der Waals surface area contributed by atoms with E-state index < -0.39 is 6.61 Å². The van der Waals surface area contributed by atoms with E-state index in [1.165, 1.54) is 0 Å². The van der Waals surface area contributed by atoms with E-state index in [-0.39, 0.29) is 35.8 Å². The number of para-hydroxylation sites is 2. The molecule has 0 amide bonds. The highest BCUT2D eigenvalue weighted by Gasteiger charge is 2.26. The fourth-order valence-electron chi connectivity index (χ4n) is 3.33. The minimum atomic E-state index is -2.83. The summed E-state index contributed by atoms with van der Waals surface area (Å²) >= 11 is 1.65. The van der Waals surface area contributed by atoms with Gasteiger partial charge in [0.2, 0.25) is 0 Å². The molecule has 0 radical (unpaired) electrons. The predicted octanol–water partition coefficient (Wildman–Crippen LogP) is 4.05. The number of aromatic nitrogens is 1. The summed E-state index contributed by atoms with van der Waals surface area (Å²) in [4.78, 5) is 11.2. The van der Waals surface area contributed by atoms with Crippen LogP contribution in [-0.4, -0.2) is 49.8 Å². The Morgan fingerprint density at radius 3 is 2.90 bits per heavy atom. The highest BCUT2D eigenvalue weighted by atomic mass is 127. The second-order valence-electron chi connectivity index (χ2n) is 6.79. The van der Waals surface area contributed by atoms with Gasteiger partial charge in [-0.15, -0.1) is 35.3 Å². The van der Waals surface area contributed by atoms with Crippen LogP contribution < -0.4 is 20.3 Å². The van der Waals surface area contributed by atoms with Gasteiger partial charge in [0.25, 0.3) is 0 Å². The molecular formula is C20H28F2IN5OS. The van der Waals surface area contributed by atoms with Crippen LogP contribution >= 0.6 is 35.3 Å². The van der Waals surface area contributed by atoms with Gasteiger partial charge >= 0.3 is 6.61 Å². The van der Waals surface area contributed by atoms with Crippen LogP contribution in [0.5, 0.6) is 5.75 Å². The van der Waals surface area contributed by atoms with Gasteiger partial charge in [-0.1, -0.05) is 12.1 Å². The Balaban J connectivity index is 0.00000320. The molecule has 0 spiro atoms. The third-order valence-electron chi connectivity index (χ3n) is 4.60. The molecule has 1 aliphatic heterocycles. The SMILES string of the molecule is CCNC(=NCCc1csc(C)n1)NC1CCN(c2ccccc2OC(F)F)C1.I. The molecule has 1 fully saturated rings. The number of nitrogens with zero attached hydrogens (tertiary/aromatic N) is 3. The van der Waals surface area contributed by atoms with Crippen molar-refractivity contribution in [1.82, 2.24) is 15.6 Å². The number of nitrogens with one attached hydrogen (secondary N) is 2. The van der Waals surface area contributed by atoms with Crippen molar-refractivity contribution in [2.75, 3.05) is 31.1 Å². The number of hydrogen-bond donors (Lipinski definition) is 2. The normalized spacial score (nSPS) is 16.5. The standard InChI is InChI=1S/C20H27F2N5OS.HI/c1-3-23-20(24-10-8-16-13-29-14(2)25-16)26-15-9-11-27(12-15)17-6-4-5-7-18(17)28-19(21)22;/h4-7,13,15,19H,3,8-12H2,1-2H3,(H2,23,24,26);1H. The zero-order valence-corrected chi connectivity index (χ0v) is 20.3. The van der Waals surface area contributed by atoms with E-state index in [9.17, 15) is 8.78 Å². The summed E-state index contributed by atoms with van der Waals surface area (Å²) in [7, 11) is 0. The summed E-state index contributed by atoms with van der Waals surface area (Å²) in [6.45, 7) is 4.07. The maximum absolute atomic E-state index is 12.7. The van der Waals surface area contributed by atoms with Crippen molar-refractivity contribution in [2.45, 2.75) is 39.3 Å². The zero-order valence-electron chi connectivity index (χ0n) is 17.1. The molecule has 0 bridgehead atoms. The number of ether oxygens (including phenoxy) is 1. The molecule has 1 saturated heterocycles. The lowest BCUT2D eigenvalue weighted by Crippen LogP contribution is -2.44. The first-order valence-electron chi connectivity index (χ1n) is 9.79. The number of aliphatic imine (C=N–C) groups is 1. The summed E-state index contributed by atoms with van der Waals surface area (Å²) < 4.78 is 30.0. The van der Waals surface area contributed by atoms with Gasteiger partial charge in [0.05, 0.1) is 16.4 Å². The predicted molar refractivity (Wildman–Crippen MR) is 129 cm³/mol. The molecule has 1 unspecified atom stereocenters. The van der Waals surface area contributed by atoms with E-state index in [0.29, 0.717) is 18.8 Å². The first-order valence-corrected chi connectivity index (χ1v) is 10.7. The van der Waals surface area contributed by atoms with Crippen molar-refractivity contribution in [1.29, 1.82) is 0 Å². The highest BCUT2D eigenvalue weighted by Crippen LogP contribution is 2.31. The van der Waals surface area contributed by atoms with Crippen molar-refractivity contribution >= 4 is 47.0 Å². The Labute approximate surface area is 197 Å². The average Bonchev–Trinajstić information content (AvgIpc) is 3.31. The van der Waals surface area contributed by atoms with Gasteiger partial charge in [-0.25, -0.2) is 4.98 Å². The van der Waals surface area contributed by atoms with Crippen molar-refractivity contribution < 1.29 is 13.5 Å². The fourth-order valence-corrected chi connectivity index (χ4v) is 3.98. The van der Waals surface area contributed by atoms with Crippen LogP contribution in [0.15, 0.2) is 34.6 Å². The van der Waals surface area contributed by atoms with Gasteiger partial charge in [-0.05, 0) is 32.4 Å². The quantitative estimate of drug-likeness (QED) is 0.295. The molecule has 1 aromatic carbocycles. The molecule has 0 saturated carbocycles. The third kappa shape index (κ3) is 7.22. The molecule has 1 aromatic heterocycles. The minimum absolute atomic E-state index is 0. The van der Waals surface area contributed by atoms with Crippen molar-refractivity contribution in [3.05, 3.63) is 40.3 Å². The van der Waals surface area contributed by atoms with Crippen molar-refractivity contribution in [2.24, 2.45) is 4.99 Å². The first kappa shape index (κ1) is 24.6. The maximum atomic E-state index is 12.7. The Hall–Kier alpha value is -1.69. The van der Waals surface area contributed by atoms with E-state index in [1.54, 1.807) is 23.5 Å². The van der Waals surface area contributed by atoms with Crippen LogP contribution in [0.25, 0.3) is 0 Å². The molecule has 6 nitrogen and oxygen atoms in total. The summed E-state index contributed by atoms with van der Waals surface area (Å²) in [6.07, 6.45) is 1.69. The molecule has 1 atom stereocenters. The molecule has 2 aromatic rings. The number of aryl methyl sites for hydroxylation is 1. The van der Waals surface area contributed by atoms with Crippen molar-refractivity contribution in [3.8, 4) is 5.75 Å². The number of hydrogen-bond acceptors (Lipinski definition) is 5. The Morgan fingerprint density at radius 1 is 1.40 bits per heavy atom. The van der Waals surface area contributed by atoms with E-state index in [0.717, 1.165) is 42.6 Å². The molecule has 30 heavy (non-hydrogen) atoms. The fraction of sp³-hybridized carbons (Fsp3) is 0.500. The second kappa shape index (κ2) is 12.2. The maximum Gasteiger partial charge on any atom is 0.387 e. The average molecular weight is 551 g/mol. The number of alkyl halides is 2. The largest absolute Gasteiger partial charge is 0.433 e. The number of guanidine groups is 1. The number of halogens is 3. The topological polar surface area (TPSA) is 61.8 Å². The second-order valence-corrected chi connectivity index (χ2v) is 7.85. The van der Waals surface area contributed by atoms with E-state index in [1.807, 2.05) is 26.0 Å². The summed E-state index contributed by atoms with van der Waals surface area (Å²) in [6, 6.07) is 7.10. The lowest BCUT2D eigenvalue weighted by Gasteiger charge is -2.22. The van der Waals surface area contributed by atoms with E-state index in [4.69, 9.17) is 0 Å². The van der Waals surface area contributed by atoms with E-state index in [2.05, 4.69) is 35.6 Å². The number of anilines is 1. The van der Waals surface area contributed by atoms with E-state index >= 15 is 0 Å². The lowest BCUT2D eigenvalue weighted by atomic mass is 10.2. The molecule has 0 aliphatic carbocycles. The van der Waals surface area contributed by atoms with Crippen LogP contribution in [0.3, 0.4) is 0 Å². The van der Waals surface area contributed by atoms with Crippen LogP contribution in [-0.2, 0) is 6.42 Å². The van der Waals surface area contributed by atoms with Gasteiger partial charge in [0.1, 0.15) is 5.75 Å². The molecular weight excluding hydrogens is 523 g/mol. The first-order chi connectivity index (χ1) is 14.0. The Kier molecular flexibility index (Phi) is 10.0. The number of benzene rings is 1. The third-order valence-corrected chi connectivity index (χ3v) is 5.42. The summed E-state index contributed by atoms with van der Waals surface area (Å²) in [5.41, 5.74) is 1.76. The molecule has 166 valence electrons. The Morgan fingerprint density at radius 2 is 2.20 bits per heavy atom. The van der Waals surface area contributed by atoms with Crippen LogP contribution in [0.1, 0.15) is 24.0 Å². The van der Waals surface area contributed by atoms with Crippen LogP contribution in [0.4, 0.5) is 14.5 Å². The van der Waals surface area contributed by atoms with Gasteiger partial charge in [0.15, 0.2) is 5.96 Å². The van der Waals surface area contributed by atoms with Gasteiger partial charge in [-0.2, -0.15) is 8.78 Å². The molecule has 2 N–H and O–H groups in total. The van der Waals surface area contributed by atoms with Crippen LogP contribution in [0, 0.1) is 6.92 Å². The highest BCUT2D eigenvalue weighted by molar-refractivity contribution is 14.0. The molecule has 10 heteroatoms. The number of thiazole rings is 1. The molecule has 3 rings (SSSR count). The van der Waals surface area contributed by atoms with Gasteiger partial charge in [0, 0.05) is 44.0 Å². The summed E-state index contributed by atoms with van der Waals surface area (Å²) in [5.74, 6) is 0.977. The summed E-state index contributed by atoms with van der Waals surface area (Å²) in [5, 5.41) is 9.86. The molecule has 1 aliphatic rings. The smallest absolute Gasteiger partial charge is 0.387 e. The monoisotopic (exact) mass is 551 g/mol. The minimum Gasteiger partial charge on any atom is -0.433 e. The molecule has 2 heterocycles. The van der Waals surface area contributed by atoms with Crippen LogP contribution in [0.2, 0.25) is 0 Å². The van der Waals surface area contributed by atoms with Gasteiger partial charge < -0.3 is 20.3 Å². The number of rotatable bonds is 8.